The maximum atomic E-state index is 13.1. The van der Waals surface area contributed by atoms with Gasteiger partial charge in [-0.3, -0.25) is 9.59 Å². The van der Waals surface area contributed by atoms with Crippen LogP contribution in [0, 0.1) is 11.8 Å². The second-order valence-electron chi connectivity index (χ2n) is 8.46. The molecule has 0 aromatic heterocycles. The quantitative estimate of drug-likeness (QED) is 0.773. The molecular formula is C24H26N2O5. The van der Waals surface area contributed by atoms with Crippen LogP contribution in [0.5, 0.6) is 11.5 Å². The van der Waals surface area contributed by atoms with Crippen molar-refractivity contribution < 1.29 is 23.8 Å². The molecule has 2 aromatic rings. The molecular weight excluding hydrogens is 396 g/mol. The Labute approximate surface area is 181 Å². The van der Waals surface area contributed by atoms with Crippen LogP contribution in [-0.2, 0) is 4.74 Å². The number of rotatable bonds is 5. The summed E-state index contributed by atoms with van der Waals surface area (Å²) in [6, 6.07) is 11.4. The second-order valence-corrected chi connectivity index (χ2v) is 8.46. The number of carbonyl (C=O) groups excluding carboxylic acids is 2. The van der Waals surface area contributed by atoms with Crippen molar-refractivity contribution in [1.82, 2.24) is 10.6 Å². The fourth-order valence-electron chi connectivity index (χ4n) is 4.93. The number of benzene rings is 2. The van der Waals surface area contributed by atoms with Crippen LogP contribution in [0.3, 0.4) is 0 Å². The topological polar surface area (TPSA) is 85.9 Å². The average Bonchev–Trinajstić information content (AvgIpc) is 3.10. The molecule has 0 bridgehead atoms. The molecule has 7 heteroatoms. The molecule has 2 amide bonds. The maximum Gasteiger partial charge on any atom is 0.254 e. The number of carbonyl (C=O) groups is 2. The van der Waals surface area contributed by atoms with Crippen molar-refractivity contribution in [3.05, 3.63) is 58.7 Å². The van der Waals surface area contributed by atoms with E-state index >= 15 is 0 Å². The Morgan fingerprint density at radius 2 is 1.87 bits per heavy atom. The van der Waals surface area contributed by atoms with E-state index in [1.807, 2.05) is 37.3 Å². The van der Waals surface area contributed by atoms with E-state index in [2.05, 4.69) is 10.6 Å². The number of hydrogen-bond acceptors (Lipinski definition) is 5. The number of hydrogen-bond donors (Lipinski definition) is 2. The van der Waals surface area contributed by atoms with Gasteiger partial charge in [0, 0.05) is 42.0 Å². The molecule has 7 nitrogen and oxygen atoms in total. The largest absolute Gasteiger partial charge is 0.497 e. The number of methoxy groups -OCH3 is 1. The minimum absolute atomic E-state index is 0.116. The number of fused-ring (bicyclic) bond motifs is 2. The van der Waals surface area contributed by atoms with Crippen LogP contribution in [0.15, 0.2) is 36.4 Å². The van der Waals surface area contributed by atoms with Crippen LogP contribution in [0.4, 0.5) is 0 Å². The van der Waals surface area contributed by atoms with Gasteiger partial charge >= 0.3 is 0 Å². The van der Waals surface area contributed by atoms with Gasteiger partial charge < -0.3 is 24.8 Å². The second kappa shape index (κ2) is 7.57. The Morgan fingerprint density at radius 3 is 2.58 bits per heavy atom. The monoisotopic (exact) mass is 422 g/mol. The lowest BCUT2D eigenvalue weighted by molar-refractivity contribution is 0.0929. The zero-order chi connectivity index (χ0) is 21.7. The Morgan fingerprint density at radius 1 is 1.10 bits per heavy atom. The van der Waals surface area contributed by atoms with Crippen LogP contribution in [0.1, 0.15) is 44.7 Å². The molecule has 2 heterocycles. The molecule has 31 heavy (non-hydrogen) atoms. The SMILES string of the molecule is CNC(=O)c1cc(C(=O)N[C@H]2[C@@H]3COC[C@@H]32)cc2c1O[C@H](C)[C@H]2c1cccc(OC)c1. The molecule has 0 radical (unpaired) electrons. The molecule has 162 valence electrons. The third-order valence-electron chi connectivity index (χ3n) is 6.66. The van der Waals surface area contributed by atoms with Gasteiger partial charge in [0.25, 0.3) is 11.8 Å². The average molecular weight is 422 g/mol. The lowest BCUT2D eigenvalue weighted by Gasteiger charge is -2.16. The van der Waals surface area contributed by atoms with E-state index in [0.717, 1.165) is 16.9 Å². The van der Waals surface area contributed by atoms with Gasteiger partial charge in [-0.15, -0.1) is 0 Å². The first-order valence-electron chi connectivity index (χ1n) is 10.6. The molecule has 2 fully saturated rings. The minimum Gasteiger partial charge on any atom is -0.497 e. The summed E-state index contributed by atoms with van der Waals surface area (Å²) in [5.41, 5.74) is 2.70. The predicted octanol–water partition coefficient (Wildman–Crippen LogP) is 2.34. The molecule has 2 aromatic carbocycles. The smallest absolute Gasteiger partial charge is 0.254 e. The third-order valence-corrected chi connectivity index (χ3v) is 6.66. The van der Waals surface area contributed by atoms with Crippen molar-refractivity contribution in [3.8, 4) is 11.5 Å². The van der Waals surface area contributed by atoms with Crippen molar-refractivity contribution in [3.63, 3.8) is 0 Å². The fourth-order valence-corrected chi connectivity index (χ4v) is 4.93. The first-order valence-corrected chi connectivity index (χ1v) is 10.6. The van der Waals surface area contributed by atoms with E-state index < -0.39 is 0 Å². The van der Waals surface area contributed by atoms with Gasteiger partial charge in [-0.2, -0.15) is 0 Å². The van der Waals surface area contributed by atoms with E-state index in [0.29, 0.717) is 41.9 Å². The summed E-state index contributed by atoms with van der Waals surface area (Å²) >= 11 is 0. The molecule has 5 atom stereocenters. The molecule has 1 saturated carbocycles. The van der Waals surface area contributed by atoms with Crippen LogP contribution in [0.25, 0.3) is 0 Å². The van der Waals surface area contributed by atoms with E-state index in [1.54, 1.807) is 20.2 Å². The Hall–Kier alpha value is -3.06. The van der Waals surface area contributed by atoms with Crippen molar-refractivity contribution in [2.24, 2.45) is 11.8 Å². The number of amides is 2. The first kappa shape index (κ1) is 19.9. The highest BCUT2D eigenvalue weighted by Gasteiger charge is 2.54. The van der Waals surface area contributed by atoms with E-state index in [9.17, 15) is 9.59 Å². The molecule has 1 saturated heterocycles. The van der Waals surface area contributed by atoms with E-state index in [4.69, 9.17) is 14.2 Å². The Kier molecular flexibility index (Phi) is 4.85. The van der Waals surface area contributed by atoms with Gasteiger partial charge in [0.1, 0.15) is 17.6 Å². The van der Waals surface area contributed by atoms with Crippen molar-refractivity contribution >= 4 is 11.8 Å². The molecule has 0 unspecified atom stereocenters. The molecule has 0 spiro atoms. The van der Waals surface area contributed by atoms with Crippen LogP contribution >= 0.6 is 0 Å². The third kappa shape index (κ3) is 3.33. The summed E-state index contributed by atoms with van der Waals surface area (Å²) in [5.74, 6) is 1.54. The lowest BCUT2D eigenvalue weighted by atomic mass is 9.86. The zero-order valence-electron chi connectivity index (χ0n) is 17.8. The molecule has 1 aliphatic carbocycles. The normalized spacial score (nSPS) is 27.6. The highest BCUT2D eigenvalue weighted by atomic mass is 16.5. The zero-order valence-corrected chi connectivity index (χ0v) is 17.8. The summed E-state index contributed by atoms with van der Waals surface area (Å²) < 4.78 is 16.9. The van der Waals surface area contributed by atoms with Crippen molar-refractivity contribution in [2.75, 3.05) is 27.4 Å². The highest BCUT2D eigenvalue weighted by Crippen LogP contribution is 2.46. The minimum atomic E-state index is -0.277. The fraction of sp³-hybridized carbons (Fsp3) is 0.417. The van der Waals surface area contributed by atoms with Crippen LogP contribution in [0.2, 0.25) is 0 Å². The van der Waals surface area contributed by atoms with E-state index in [-0.39, 0.29) is 29.9 Å². The van der Waals surface area contributed by atoms with Gasteiger partial charge in [0.2, 0.25) is 0 Å². The van der Waals surface area contributed by atoms with Crippen LogP contribution < -0.4 is 20.1 Å². The van der Waals surface area contributed by atoms with Gasteiger partial charge in [-0.25, -0.2) is 0 Å². The summed E-state index contributed by atoms with van der Waals surface area (Å²) in [5, 5.41) is 5.78. The summed E-state index contributed by atoms with van der Waals surface area (Å²) in [6.45, 7) is 3.38. The lowest BCUT2D eigenvalue weighted by Crippen LogP contribution is -2.30. The molecule has 3 aliphatic rings. The molecule has 2 aliphatic heterocycles. The summed E-state index contributed by atoms with van der Waals surface area (Å²) in [6.07, 6.45) is -0.191. The van der Waals surface area contributed by atoms with Gasteiger partial charge in [-0.05, 0) is 36.8 Å². The predicted molar refractivity (Wildman–Crippen MR) is 114 cm³/mol. The molecule has 2 N–H and O–H groups in total. The summed E-state index contributed by atoms with van der Waals surface area (Å²) in [7, 11) is 3.21. The number of nitrogens with one attached hydrogen (secondary N) is 2. The summed E-state index contributed by atoms with van der Waals surface area (Å²) in [4.78, 5) is 25.7. The first-order chi connectivity index (χ1) is 15.0. The van der Waals surface area contributed by atoms with Crippen molar-refractivity contribution in [1.29, 1.82) is 0 Å². The highest BCUT2D eigenvalue weighted by molar-refractivity contribution is 6.02. The Bertz CT molecular complexity index is 1040. The van der Waals surface area contributed by atoms with E-state index in [1.165, 1.54) is 0 Å². The van der Waals surface area contributed by atoms with Gasteiger partial charge in [-0.1, -0.05) is 12.1 Å². The van der Waals surface area contributed by atoms with Gasteiger partial charge in [0.15, 0.2) is 0 Å². The number of ether oxygens (including phenoxy) is 3. The van der Waals surface area contributed by atoms with Crippen molar-refractivity contribution in [2.45, 2.75) is 25.0 Å². The molecule has 5 rings (SSSR count). The standard InChI is InChI=1S/C24H26N2O5/c1-12-20(13-5-4-6-15(7-13)29-3)16-8-14(9-17(22(16)31-12)24(28)25-2)23(27)26-21-18-10-30-11-19(18)21/h4-9,12,18-21H,10-11H2,1-3H3,(H,25,28)(H,26,27)/t12-,18-,19+,20+,21+/m1/s1. The van der Waals surface area contributed by atoms with Crippen LogP contribution in [-0.4, -0.2) is 51.3 Å². The van der Waals surface area contributed by atoms with Gasteiger partial charge in [0.05, 0.1) is 25.9 Å². The Balaban J connectivity index is 1.53. The maximum absolute atomic E-state index is 13.1.